The van der Waals surface area contributed by atoms with Crippen molar-refractivity contribution in [1.29, 1.82) is 0 Å². The quantitative estimate of drug-likeness (QED) is 0.626. The molecular formula is C18H22N4O5S. The van der Waals surface area contributed by atoms with Crippen LogP contribution in [-0.2, 0) is 9.59 Å². The van der Waals surface area contributed by atoms with Crippen molar-refractivity contribution in [1.82, 2.24) is 20.4 Å². The summed E-state index contributed by atoms with van der Waals surface area (Å²) >= 11 is 1.12. The summed E-state index contributed by atoms with van der Waals surface area (Å²) < 4.78 is 16.1. The summed E-state index contributed by atoms with van der Waals surface area (Å²) in [7, 11) is 4.70. The van der Waals surface area contributed by atoms with Crippen molar-refractivity contribution in [3.05, 3.63) is 18.2 Å². The number of likely N-dealkylation sites (N-methyl/N-ethyl adjacent to an activating group) is 1. The van der Waals surface area contributed by atoms with Crippen molar-refractivity contribution in [2.75, 3.05) is 33.6 Å². The van der Waals surface area contributed by atoms with Gasteiger partial charge in [-0.05, 0) is 25.0 Å². The molecule has 2 amide bonds. The molecular weight excluding hydrogens is 384 g/mol. The highest BCUT2D eigenvalue weighted by Gasteiger charge is 2.24. The maximum atomic E-state index is 12.2. The summed E-state index contributed by atoms with van der Waals surface area (Å²) in [4.78, 5) is 25.4. The highest BCUT2D eigenvalue weighted by molar-refractivity contribution is 7.99. The number of hydrogen-bond donors (Lipinski definition) is 1. The minimum atomic E-state index is -0.197. The van der Waals surface area contributed by atoms with Gasteiger partial charge in [0.1, 0.15) is 11.5 Å². The molecule has 3 rings (SSSR count). The maximum Gasteiger partial charge on any atom is 0.277 e. The summed E-state index contributed by atoms with van der Waals surface area (Å²) in [5.74, 6) is 1.22. The van der Waals surface area contributed by atoms with Gasteiger partial charge in [-0.25, -0.2) is 0 Å². The molecule has 0 atom stereocenters. The molecule has 0 aliphatic heterocycles. The number of benzene rings is 1. The molecule has 28 heavy (non-hydrogen) atoms. The second kappa shape index (κ2) is 8.96. The molecule has 0 saturated heterocycles. The number of methoxy groups -OCH3 is 2. The van der Waals surface area contributed by atoms with Gasteiger partial charge in [0.05, 0.1) is 32.1 Å². The third kappa shape index (κ3) is 5.16. The minimum Gasteiger partial charge on any atom is -0.497 e. The van der Waals surface area contributed by atoms with Crippen molar-refractivity contribution in [3.8, 4) is 23.0 Å². The number of carbonyl (C=O) groups is 2. The number of carbonyl (C=O) groups excluding carboxylic acids is 2. The van der Waals surface area contributed by atoms with Gasteiger partial charge in [0.2, 0.25) is 11.8 Å². The zero-order valence-corrected chi connectivity index (χ0v) is 16.7. The molecule has 1 aromatic heterocycles. The van der Waals surface area contributed by atoms with Crippen LogP contribution in [0.2, 0.25) is 0 Å². The van der Waals surface area contributed by atoms with Gasteiger partial charge in [-0.1, -0.05) is 11.8 Å². The van der Waals surface area contributed by atoms with E-state index in [1.54, 1.807) is 32.4 Å². The normalized spacial score (nSPS) is 13.1. The van der Waals surface area contributed by atoms with Crippen LogP contribution in [0.25, 0.3) is 11.5 Å². The van der Waals surface area contributed by atoms with Gasteiger partial charge in [-0.3, -0.25) is 9.59 Å². The van der Waals surface area contributed by atoms with E-state index in [1.165, 1.54) is 12.0 Å². The van der Waals surface area contributed by atoms with E-state index in [0.717, 1.165) is 24.6 Å². The van der Waals surface area contributed by atoms with Crippen LogP contribution in [0.3, 0.4) is 0 Å². The van der Waals surface area contributed by atoms with E-state index in [4.69, 9.17) is 13.9 Å². The molecule has 2 aromatic rings. The van der Waals surface area contributed by atoms with Crippen molar-refractivity contribution >= 4 is 23.6 Å². The van der Waals surface area contributed by atoms with E-state index >= 15 is 0 Å². The average Bonchev–Trinajstić information content (AvgIpc) is 3.38. The molecule has 1 heterocycles. The zero-order valence-electron chi connectivity index (χ0n) is 15.9. The Kier molecular flexibility index (Phi) is 6.40. The van der Waals surface area contributed by atoms with Crippen molar-refractivity contribution in [3.63, 3.8) is 0 Å². The van der Waals surface area contributed by atoms with Crippen LogP contribution in [-0.4, -0.2) is 66.5 Å². The number of aromatic nitrogens is 2. The van der Waals surface area contributed by atoms with Crippen LogP contribution in [0.5, 0.6) is 11.5 Å². The molecule has 0 bridgehead atoms. The largest absolute Gasteiger partial charge is 0.497 e. The number of nitrogens with zero attached hydrogens (tertiary/aromatic N) is 3. The fourth-order valence-electron chi connectivity index (χ4n) is 2.39. The Morgan fingerprint density at radius 2 is 2.07 bits per heavy atom. The number of amides is 2. The van der Waals surface area contributed by atoms with Gasteiger partial charge in [0.15, 0.2) is 0 Å². The molecule has 9 nitrogen and oxygen atoms in total. The standard InChI is InChI=1S/C18H22N4O5S/c1-22(9-15(23)19-11-4-5-11)16(24)10-28-18-21-20-17(27-18)13-7-6-12(25-2)8-14(13)26-3/h6-8,11H,4-5,9-10H2,1-3H3,(H,19,23). The molecule has 1 aromatic carbocycles. The predicted molar refractivity (Wildman–Crippen MR) is 102 cm³/mol. The van der Waals surface area contributed by atoms with E-state index in [-0.39, 0.29) is 41.3 Å². The lowest BCUT2D eigenvalue weighted by Gasteiger charge is -2.15. The molecule has 10 heteroatoms. The summed E-state index contributed by atoms with van der Waals surface area (Å²) in [6.45, 7) is 0.0357. The molecule has 0 radical (unpaired) electrons. The van der Waals surface area contributed by atoms with Crippen molar-refractivity contribution in [2.45, 2.75) is 24.1 Å². The number of nitrogens with one attached hydrogen (secondary N) is 1. The van der Waals surface area contributed by atoms with E-state index in [1.807, 2.05) is 0 Å². The summed E-state index contributed by atoms with van der Waals surface area (Å²) in [5, 5.41) is 11.1. The number of rotatable bonds is 9. The fourth-order valence-corrected chi connectivity index (χ4v) is 3.09. The Morgan fingerprint density at radius 3 is 2.75 bits per heavy atom. The molecule has 1 N–H and O–H groups in total. The van der Waals surface area contributed by atoms with Crippen LogP contribution in [0.15, 0.2) is 27.8 Å². The Bertz CT molecular complexity index is 852. The summed E-state index contributed by atoms with van der Waals surface area (Å²) in [5.41, 5.74) is 0.628. The highest BCUT2D eigenvalue weighted by Crippen LogP contribution is 2.33. The first-order valence-corrected chi connectivity index (χ1v) is 9.70. The van der Waals surface area contributed by atoms with Gasteiger partial charge in [-0.2, -0.15) is 0 Å². The predicted octanol–water partition coefficient (Wildman–Crippen LogP) is 1.58. The van der Waals surface area contributed by atoms with E-state index < -0.39 is 0 Å². The number of hydrogen-bond acceptors (Lipinski definition) is 8. The van der Waals surface area contributed by atoms with Gasteiger partial charge >= 0.3 is 0 Å². The molecule has 0 unspecified atom stereocenters. The first-order chi connectivity index (χ1) is 13.5. The topological polar surface area (TPSA) is 107 Å². The molecule has 150 valence electrons. The minimum absolute atomic E-state index is 0.0357. The van der Waals surface area contributed by atoms with Gasteiger partial charge < -0.3 is 24.1 Å². The lowest BCUT2D eigenvalue weighted by atomic mass is 10.2. The molecule has 1 aliphatic carbocycles. The van der Waals surface area contributed by atoms with Crippen LogP contribution in [0.1, 0.15) is 12.8 Å². The maximum absolute atomic E-state index is 12.2. The van der Waals surface area contributed by atoms with Crippen molar-refractivity contribution < 1.29 is 23.5 Å². The zero-order chi connectivity index (χ0) is 20.1. The molecule has 1 saturated carbocycles. The molecule has 1 fully saturated rings. The fraction of sp³-hybridized carbons (Fsp3) is 0.444. The van der Waals surface area contributed by atoms with E-state index in [0.29, 0.717) is 17.1 Å². The van der Waals surface area contributed by atoms with Gasteiger partial charge in [0, 0.05) is 19.2 Å². The van der Waals surface area contributed by atoms with E-state index in [9.17, 15) is 9.59 Å². The summed E-state index contributed by atoms with van der Waals surface area (Å²) in [6, 6.07) is 5.52. The third-order valence-electron chi connectivity index (χ3n) is 4.11. The van der Waals surface area contributed by atoms with Crippen molar-refractivity contribution in [2.24, 2.45) is 0 Å². The van der Waals surface area contributed by atoms with Gasteiger partial charge in [0.25, 0.3) is 11.1 Å². The third-order valence-corrected chi connectivity index (χ3v) is 4.92. The van der Waals surface area contributed by atoms with Crippen LogP contribution in [0, 0.1) is 0 Å². The smallest absolute Gasteiger partial charge is 0.277 e. The molecule has 1 aliphatic rings. The second-order valence-electron chi connectivity index (χ2n) is 6.32. The lowest BCUT2D eigenvalue weighted by molar-refractivity contribution is -0.132. The van der Waals surface area contributed by atoms with Crippen LogP contribution < -0.4 is 14.8 Å². The molecule has 0 spiro atoms. The first-order valence-electron chi connectivity index (χ1n) is 8.72. The van der Waals surface area contributed by atoms with E-state index in [2.05, 4.69) is 15.5 Å². The van der Waals surface area contributed by atoms with Crippen LogP contribution >= 0.6 is 11.8 Å². The Labute approximate surface area is 166 Å². The monoisotopic (exact) mass is 406 g/mol. The summed E-state index contributed by atoms with van der Waals surface area (Å²) in [6.07, 6.45) is 2.02. The van der Waals surface area contributed by atoms with Gasteiger partial charge in [-0.15, -0.1) is 10.2 Å². The van der Waals surface area contributed by atoms with Crippen LogP contribution in [0.4, 0.5) is 0 Å². The average molecular weight is 406 g/mol. The SMILES string of the molecule is COc1ccc(-c2nnc(SCC(=O)N(C)CC(=O)NC3CC3)o2)c(OC)c1. The number of ether oxygens (including phenoxy) is 2. The lowest BCUT2D eigenvalue weighted by Crippen LogP contribution is -2.39. The Hall–Kier alpha value is -2.75. The first kappa shape index (κ1) is 20.0. The second-order valence-corrected chi connectivity index (χ2v) is 7.25. The Balaban J connectivity index is 1.55. The number of thioether (sulfide) groups is 1. The Morgan fingerprint density at radius 1 is 1.29 bits per heavy atom. The highest BCUT2D eigenvalue weighted by atomic mass is 32.2.